The average molecular weight is 454 g/mol. The van der Waals surface area contributed by atoms with E-state index in [1.54, 1.807) is 18.2 Å². The van der Waals surface area contributed by atoms with Crippen molar-refractivity contribution in [3.05, 3.63) is 71.0 Å². The van der Waals surface area contributed by atoms with Crippen molar-refractivity contribution in [2.45, 2.75) is 31.2 Å². The minimum Gasteiger partial charge on any atom is -0.274 e. The van der Waals surface area contributed by atoms with Crippen molar-refractivity contribution < 1.29 is 9.18 Å². The molecule has 2 aromatic heterocycles. The molecule has 0 fully saturated rings. The number of thioether (sulfide) groups is 1. The lowest BCUT2D eigenvalue weighted by Gasteiger charge is -2.18. The summed E-state index contributed by atoms with van der Waals surface area (Å²) in [7, 11) is 0. The number of nitrogens with one attached hydrogen (secondary N) is 1. The number of aryl methyl sites for hydroxylation is 1. The molecule has 4 rings (SSSR count). The third kappa shape index (κ3) is 4.83. The lowest BCUT2D eigenvalue weighted by molar-refractivity contribution is -0.115. The largest absolute Gasteiger partial charge is 0.274 e. The van der Waals surface area contributed by atoms with E-state index in [1.807, 2.05) is 17.5 Å². The molecule has 1 N–H and O–H groups in total. The molecule has 1 amide bonds. The summed E-state index contributed by atoms with van der Waals surface area (Å²) in [5.74, 6) is 0.479. The monoisotopic (exact) mass is 453 g/mol. The van der Waals surface area contributed by atoms with E-state index >= 15 is 0 Å². The molecule has 9 heteroatoms. The van der Waals surface area contributed by atoms with E-state index in [-0.39, 0.29) is 11.6 Å². The Morgan fingerprint density at radius 3 is 2.65 bits per heavy atom. The van der Waals surface area contributed by atoms with Crippen molar-refractivity contribution in [2.75, 3.05) is 4.90 Å². The molecule has 0 atom stereocenters. The maximum absolute atomic E-state index is 14.2. The predicted molar refractivity (Wildman–Crippen MR) is 122 cm³/mol. The highest BCUT2D eigenvalue weighted by atomic mass is 32.2. The van der Waals surface area contributed by atoms with Gasteiger partial charge in [0.2, 0.25) is 11.1 Å². The van der Waals surface area contributed by atoms with Gasteiger partial charge in [0.05, 0.1) is 11.4 Å². The minimum absolute atomic E-state index is 0.191. The Labute approximate surface area is 187 Å². The van der Waals surface area contributed by atoms with Crippen LogP contribution in [0.4, 0.5) is 15.2 Å². The van der Waals surface area contributed by atoms with Gasteiger partial charge in [0.15, 0.2) is 11.0 Å². The zero-order chi connectivity index (χ0) is 21.8. The van der Waals surface area contributed by atoms with Gasteiger partial charge in [-0.15, -0.1) is 16.4 Å². The van der Waals surface area contributed by atoms with Gasteiger partial charge in [0, 0.05) is 23.6 Å². The molecule has 0 aliphatic rings. The Balaban J connectivity index is 1.45. The van der Waals surface area contributed by atoms with E-state index in [2.05, 4.69) is 39.2 Å². The SMILES string of the molecule is CCc1ccc(-c2nc(SCc3csc(N(C(C)=O)c4ccccc4F)n3)n[nH]2)cc1. The Hall–Kier alpha value is -3.04. The van der Waals surface area contributed by atoms with Crippen LogP contribution in [-0.4, -0.2) is 26.1 Å². The number of para-hydroxylation sites is 1. The van der Waals surface area contributed by atoms with Gasteiger partial charge in [-0.2, -0.15) is 0 Å². The molecule has 0 saturated carbocycles. The Kier molecular flexibility index (Phi) is 6.43. The number of rotatable bonds is 7. The van der Waals surface area contributed by atoms with Crippen LogP contribution < -0.4 is 4.90 Å². The summed E-state index contributed by atoms with van der Waals surface area (Å²) in [6, 6.07) is 14.4. The van der Waals surface area contributed by atoms with E-state index in [0.29, 0.717) is 21.9 Å². The fraction of sp³-hybridized carbons (Fsp3) is 0.182. The number of nitrogens with zero attached hydrogens (tertiary/aromatic N) is 4. The van der Waals surface area contributed by atoms with Crippen LogP contribution in [0.15, 0.2) is 59.1 Å². The van der Waals surface area contributed by atoms with Crippen molar-refractivity contribution in [2.24, 2.45) is 0 Å². The quantitative estimate of drug-likeness (QED) is 0.368. The van der Waals surface area contributed by atoms with Crippen molar-refractivity contribution >= 4 is 39.8 Å². The van der Waals surface area contributed by atoms with E-state index < -0.39 is 5.82 Å². The number of aromatic nitrogens is 4. The molecule has 0 spiro atoms. The molecule has 158 valence electrons. The first-order valence-corrected chi connectivity index (χ1v) is 11.6. The number of aromatic amines is 1. The van der Waals surface area contributed by atoms with Crippen LogP contribution in [0.1, 0.15) is 25.1 Å². The standard InChI is InChI=1S/C22H20FN5OS2/c1-3-15-8-10-16(11-9-15)20-25-21(27-26-20)30-12-17-13-31-22(24-17)28(14(2)29)19-7-5-4-6-18(19)23/h4-11,13H,3,12H2,1-2H3,(H,25,26,27). The molecule has 0 saturated heterocycles. The number of thiazole rings is 1. The summed E-state index contributed by atoms with van der Waals surface area (Å²) in [5, 5.41) is 10.1. The summed E-state index contributed by atoms with van der Waals surface area (Å²) < 4.78 is 14.2. The maximum atomic E-state index is 14.2. The van der Waals surface area contributed by atoms with Gasteiger partial charge in [0.1, 0.15) is 5.82 Å². The van der Waals surface area contributed by atoms with Crippen LogP contribution in [0.25, 0.3) is 11.4 Å². The first-order chi connectivity index (χ1) is 15.0. The van der Waals surface area contributed by atoms with Crippen molar-refractivity contribution in [1.29, 1.82) is 0 Å². The second kappa shape index (κ2) is 9.40. The first-order valence-electron chi connectivity index (χ1n) is 9.69. The van der Waals surface area contributed by atoms with Gasteiger partial charge in [-0.25, -0.2) is 14.4 Å². The summed E-state index contributed by atoms with van der Waals surface area (Å²) in [4.78, 5) is 22.5. The lowest BCUT2D eigenvalue weighted by atomic mass is 10.1. The zero-order valence-corrected chi connectivity index (χ0v) is 18.6. The molecular weight excluding hydrogens is 433 g/mol. The molecule has 0 aliphatic heterocycles. The van der Waals surface area contributed by atoms with Crippen LogP contribution >= 0.6 is 23.1 Å². The molecular formula is C22H20FN5OS2. The normalized spacial score (nSPS) is 10.9. The van der Waals surface area contributed by atoms with Crippen molar-refractivity contribution in [3.8, 4) is 11.4 Å². The number of hydrogen-bond donors (Lipinski definition) is 1. The number of halogens is 1. The number of carbonyl (C=O) groups is 1. The topological polar surface area (TPSA) is 74.8 Å². The van der Waals surface area contributed by atoms with E-state index in [4.69, 9.17) is 0 Å². The van der Waals surface area contributed by atoms with Crippen LogP contribution in [0, 0.1) is 5.82 Å². The van der Waals surface area contributed by atoms with Crippen LogP contribution in [-0.2, 0) is 17.0 Å². The van der Waals surface area contributed by atoms with Gasteiger partial charge >= 0.3 is 0 Å². The van der Waals surface area contributed by atoms with Crippen LogP contribution in [0.5, 0.6) is 0 Å². The number of hydrogen-bond acceptors (Lipinski definition) is 6. The third-order valence-electron chi connectivity index (χ3n) is 4.59. The smallest absolute Gasteiger partial charge is 0.230 e. The highest BCUT2D eigenvalue weighted by molar-refractivity contribution is 7.98. The molecule has 2 heterocycles. The number of carbonyl (C=O) groups excluding carboxylic acids is 1. The maximum Gasteiger partial charge on any atom is 0.230 e. The van der Waals surface area contributed by atoms with E-state index in [9.17, 15) is 9.18 Å². The minimum atomic E-state index is -0.468. The third-order valence-corrected chi connectivity index (χ3v) is 6.34. The molecule has 31 heavy (non-hydrogen) atoms. The fourth-order valence-corrected chi connectivity index (χ4v) is 4.66. The molecule has 4 aromatic rings. The summed E-state index contributed by atoms with van der Waals surface area (Å²) >= 11 is 2.74. The fourth-order valence-electron chi connectivity index (χ4n) is 2.98. The Morgan fingerprint density at radius 2 is 1.94 bits per heavy atom. The molecule has 0 bridgehead atoms. The summed E-state index contributed by atoms with van der Waals surface area (Å²) in [6.07, 6.45) is 0.991. The van der Waals surface area contributed by atoms with Gasteiger partial charge < -0.3 is 0 Å². The Bertz CT molecular complexity index is 1190. The molecule has 2 aromatic carbocycles. The van der Waals surface area contributed by atoms with Crippen LogP contribution in [0.3, 0.4) is 0 Å². The second-order valence-electron chi connectivity index (χ2n) is 6.73. The lowest BCUT2D eigenvalue weighted by Crippen LogP contribution is -2.23. The van der Waals surface area contributed by atoms with Crippen molar-refractivity contribution in [3.63, 3.8) is 0 Å². The highest BCUT2D eigenvalue weighted by Gasteiger charge is 2.21. The van der Waals surface area contributed by atoms with Gasteiger partial charge in [0.25, 0.3) is 0 Å². The number of amides is 1. The summed E-state index contributed by atoms with van der Waals surface area (Å²) in [5.41, 5.74) is 3.21. The van der Waals surface area contributed by atoms with Gasteiger partial charge in [-0.05, 0) is 24.1 Å². The molecule has 0 radical (unpaired) electrons. The predicted octanol–water partition coefficient (Wildman–Crippen LogP) is 5.61. The van der Waals surface area contributed by atoms with E-state index in [1.165, 1.54) is 46.6 Å². The second-order valence-corrected chi connectivity index (χ2v) is 8.51. The average Bonchev–Trinajstić information content (AvgIpc) is 3.43. The van der Waals surface area contributed by atoms with Gasteiger partial charge in [-0.1, -0.05) is 55.1 Å². The molecule has 0 unspecified atom stereocenters. The number of H-pyrrole nitrogens is 1. The zero-order valence-electron chi connectivity index (χ0n) is 17.0. The van der Waals surface area contributed by atoms with E-state index in [0.717, 1.165) is 17.7 Å². The Morgan fingerprint density at radius 1 is 1.16 bits per heavy atom. The first kappa shape index (κ1) is 21.2. The van der Waals surface area contributed by atoms with Gasteiger partial charge in [-0.3, -0.25) is 14.8 Å². The summed E-state index contributed by atoms with van der Waals surface area (Å²) in [6.45, 7) is 3.51. The van der Waals surface area contributed by atoms with Crippen molar-refractivity contribution in [1.82, 2.24) is 20.2 Å². The highest BCUT2D eigenvalue weighted by Crippen LogP contribution is 2.32. The number of anilines is 2. The number of benzene rings is 2. The molecule has 6 nitrogen and oxygen atoms in total. The van der Waals surface area contributed by atoms with Crippen LogP contribution in [0.2, 0.25) is 0 Å². The molecule has 0 aliphatic carbocycles.